The molecule has 0 amide bonds. The Morgan fingerprint density at radius 2 is 2.07 bits per heavy atom. The molecule has 0 bridgehead atoms. The zero-order chi connectivity index (χ0) is 10.7. The third-order valence-electron chi connectivity index (χ3n) is 2.75. The second-order valence-corrected chi connectivity index (χ2v) is 3.93. The molecule has 0 saturated carbocycles. The molecule has 76 valence electrons. The highest BCUT2D eigenvalue weighted by atomic mass is 14.5. The molecule has 1 aromatic carbocycles. The molecule has 0 aromatic heterocycles. The molecule has 0 saturated heterocycles. The minimum Gasteiger partial charge on any atom is -0.399 e. The predicted octanol–water partition coefficient (Wildman–Crippen LogP) is 3.10. The third-order valence-corrected chi connectivity index (χ3v) is 2.75. The number of hydrogen-bond donors (Lipinski definition) is 1. The minimum absolute atomic E-state index is 0.650. The molecule has 0 spiro atoms. The molecular formula is C13H14N2. The second-order valence-electron chi connectivity index (χ2n) is 3.93. The van der Waals surface area contributed by atoms with Gasteiger partial charge in [-0.05, 0) is 55.0 Å². The first kappa shape index (κ1) is 9.79. The van der Waals surface area contributed by atoms with Gasteiger partial charge in [-0.15, -0.1) is 0 Å². The van der Waals surface area contributed by atoms with Crippen LogP contribution in [0.4, 0.5) is 5.69 Å². The Morgan fingerprint density at radius 3 is 2.73 bits per heavy atom. The van der Waals surface area contributed by atoms with Gasteiger partial charge in [0.2, 0.25) is 0 Å². The molecule has 1 aliphatic carbocycles. The van der Waals surface area contributed by atoms with Crippen molar-refractivity contribution in [3.05, 3.63) is 35.4 Å². The lowest BCUT2D eigenvalue weighted by atomic mass is 9.92. The molecular weight excluding hydrogens is 184 g/mol. The summed E-state index contributed by atoms with van der Waals surface area (Å²) in [4.78, 5) is 0. The maximum atomic E-state index is 8.86. The molecule has 0 aliphatic heterocycles. The quantitative estimate of drug-likeness (QED) is 0.705. The standard InChI is InChI=1S/C13H14N2/c14-9-10-6-12(8-13(15)7-10)11-4-2-1-3-5-11/h4,6-8H,1-3,5,15H2. The largest absolute Gasteiger partial charge is 0.399 e. The van der Waals surface area contributed by atoms with Crippen LogP contribution in [0.1, 0.15) is 36.8 Å². The lowest BCUT2D eigenvalue weighted by Gasteiger charge is -2.13. The fraction of sp³-hybridized carbons (Fsp3) is 0.308. The van der Waals surface area contributed by atoms with Crippen LogP contribution in [0.3, 0.4) is 0 Å². The summed E-state index contributed by atoms with van der Waals surface area (Å²) in [5, 5.41) is 8.86. The lowest BCUT2D eigenvalue weighted by Crippen LogP contribution is -1.95. The van der Waals surface area contributed by atoms with Crippen molar-refractivity contribution in [2.75, 3.05) is 5.73 Å². The predicted molar refractivity (Wildman–Crippen MR) is 62.0 cm³/mol. The van der Waals surface area contributed by atoms with Gasteiger partial charge in [-0.25, -0.2) is 0 Å². The van der Waals surface area contributed by atoms with Gasteiger partial charge in [0.1, 0.15) is 0 Å². The fourth-order valence-electron chi connectivity index (χ4n) is 2.00. The summed E-state index contributed by atoms with van der Waals surface area (Å²) in [7, 11) is 0. The van der Waals surface area contributed by atoms with E-state index in [1.54, 1.807) is 6.07 Å². The van der Waals surface area contributed by atoms with Gasteiger partial charge in [-0.3, -0.25) is 0 Å². The number of anilines is 1. The molecule has 15 heavy (non-hydrogen) atoms. The number of rotatable bonds is 1. The van der Waals surface area contributed by atoms with Crippen LogP contribution >= 0.6 is 0 Å². The molecule has 0 heterocycles. The summed E-state index contributed by atoms with van der Waals surface area (Å²) in [5.41, 5.74) is 9.54. The van der Waals surface area contributed by atoms with E-state index < -0.39 is 0 Å². The Morgan fingerprint density at radius 1 is 1.20 bits per heavy atom. The molecule has 2 rings (SSSR count). The van der Waals surface area contributed by atoms with Crippen LogP contribution < -0.4 is 5.73 Å². The second kappa shape index (κ2) is 4.18. The summed E-state index contributed by atoms with van der Waals surface area (Å²) < 4.78 is 0. The maximum Gasteiger partial charge on any atom is 0.0992 e. The van der Waals surface area contributed by atoms with Crippen LogP contribution in [0.5, 0.6) is 0 Å². The molecule has 1 aliphatic rings. The molecule has 0 radical (unpaired) electrons. The van der Waals surface area contributed by atoms with E-state index in [1.807, 2.05) is 12.1 Å². The van der Waals surface area contributed by atoms with Gasteiger partial charge in [0, 0.05) is 5.69 Å². The molecule has 0 unspecified atom stereocenters. The monoisotopic (exact) mass is 198 g/mol. The van der Waals surface area contributed by atoms with Gasteiger partial charge in [-0.1, -0.05) is 6.08 Å². The van der Waals surface area contributed by atoms with E-state index >= 15 is 0 Å². The molecule has 2 nitrogen and oxygen atoms in total. The number of benzene rings is 1. The van der Waals surface area contributed by atoms with E-state index in [9.17, 15) is 0 Å². The third kappa shape index (κ3) is 2.19. The van der Waals surface area contributed by atoms with Crippen LogP contribution in [0, 0.1) is 11.3 Å². The van der Waals surface area contributed by atoms with Crippen LogP contribution in [0.2, 0.25) is 0 Å². The molecule has 0 fully saturated rings. The van der Waals surface area contributed by atoms with Gasteiger partial charge < -0.3 is 5.73 Å². The van der Waals surface area contributed by atoms with Crippen molar-refractivity contribution in [3.63, 3.8) is 0 Å². The smallest absolute Gasteiger partial charge is 0.0992 e. The number of nitrogens with zero attached hydrogens (tertiary/aromatic N) is 1. The summed E-state index contributed by atoms with van der Waals surface area (Å²) in [6.45, 7) is 0. The van der Waals surface area contributed by atoms with Gasteiger partial charge >= 0.3 is 0 Å². The Kier molecular flexibility index (Phi) is 2.73. The van der Waals surface area contributed by atoms with Gasteiger partial charge in [0.05, 0.1) is 11.6 Å². The van der Waals surface area contributed by atoms with Crippen molar-refractivity contribution in [1.29, 1.82) is 5.26 Å². The fourth-order valence-corrected chi connectivity index (χ4v) is 2.00. The molecule has 1 aromatic rings. The minimum atomic E-state index is 0.650. The first-order valence-electron chi connectivity index (χ1n) is 5.29. The van der Waals surface area contributed by atoms with E-state index in [0.29, 0.717) is 11.3 Å². The van der Waals surface area contributed by atoms with E-state index in [0.717, 1.165) is 18.4 Å². The Labute approximate surface area is 90.0 Å². The van der Waals surface area contributed by atoms with Crippen molar-refractivity contribution < 1.29 is 0 Å². The summed E-state index contributed by atoms with van der Waals surface area (Å²) >= 11 is 0. The van der Waals surface area contributed by atoms with E-state index in [-0.39, 0.29) is 0 Å². The average Bonchev–Trinajstić information content (AvgIpc) is 2.29. The highest BCUT2D eigenvalue weighted by Crippen LogP contribution is 2.28. The molecule has 2 N–H and O–H groups in total. The van der Waals surface area contributed by atoms with Gasteiger partial charge in [-0.2, -0.15) is 5.26 Å². The van der Waals surface area contributed by atoms with Crippen molar-refractivity contribution in [2.24, 2.45) is 0 Å². The topological polar surface area (TPSA) is 49.8 Å². The highest BCUT2D eigenvalue weighted by molar-refractivity contribution is 5.70. The van der Waals surface area contributed by atoms with E-state index in [4.69, 9.17) is 11.0 Å². The van der Waals surface area contributed by atoms with E-state index in [1.165, 1.54) is 18.4 Å². The summed E-state index contributed by atoms with van der Waals surface area (Å²) in [6, 6.07) is 7.74. The first-order chi connectivity index (χ1) is 7.29. The van der Waals surface area contributed by atoms with Crippen LogP contribution in [-0.2, 0) is 0 Å². The lowest BCUT2D eigenvalue weighted by molar-refractivity contribution is 0.742. The maximum absolute atomic E-state index is 8.86. The van der Waals surface area contributed by atoms with Crippen molar-refractivity contribution >= 4 is 11.3 Å². The Hall–Kier alpha value is -1.75. The SMILES string of the molecule is N#Cc1cc(N)cc(C2=CCCCC2)c1. The van der Waals surface area contributed by atoms with Gasteiger partial charge in [0.15, 0.2) is 0 Å². The number of hydrogen-bond acceptors (Lipinski definition) is 2. The number of nitrogen functional groups attached to an aromatic ring is 1. The zero-order valence-electron chi connectivity index (χ0n) is 8.66. The van der Waals surface area contributed by atoms with Crippen LogP contribution in [0.15, 0.2) is 24.3 Å². The average molecular weight is 198 g/mol. The number of nitrogens with two attached hydrogens (primary N) is 1. The molecule has 0 atom stereocenters. The summed E-state index contributed by atoms with van der Waals surface area (Å²) in [5.74, 6) is 0. The van der Waals surface area contributed by atoms with Crippen LogP contribution in [-0.4, -0.2) is 0 Å². The number of nitriles is 1. The van der Waals surface area contributed by atoms with Crippen molar-refractivity contribution in [3.8, 4) is 6.07 Å². The van der Waals surface area contributed by atoms with Crippen LogP contribution in [0.25, 0.3) is 5.57 Å². The summed E-state index contributed by atoms with van der Waals surface area (Å²) in [6.07, 6.45) is 7.03. The molecule has 2 heteroatoms. The van der Waals surface area contributed by atoms with Gasteiger partial charge in [0.25, 0.3) is 0 Å². The Bertz CT molecular complexity index is 438. The highest BCUT2D eigenvalue weighted by Gasteiger charge is 2.07. The van der Waals surface area contributed by atoms with Crippen molar-refractivity contribution in [1.82, 2.24) is 0 Å². The number of allylic oxidation sites excluding steroid dienone is 2. The normalized spacial score (nSPS) is 15.5. The van der Waals surface area contributed by atoms with E-state index in [2.05, 4.69) is 12.1 Å². The van der Waals surface area contributed by atoms with Crippen molar-refractivity contribution in [2.45, 2.75) is 25.7 Å². The zero-order valence-corrected chi connectivity index (χ0v) is 8.66. The Balaban J connectivity index is 2.39. The first-order valence-corrected chi connectivity index (χ1v) is 5.29.